The van der Waals surface area contributed by atoms with E-state index in [0.717, 1.165) is 23.0 Å². The summed E-state index contributed by atoms with van der Waals surface area (Å²) in [7, 11) is 3.04. The fraction of sp³-hybridized carbons (Fsp3) is 0.385. The number of ether oxygens (including phenoxy) is 1. The molecule has 0 N–H and O–H groups in total. The number of methoxy groups -OCH3 is 1. The number of hydrogen-bond donors (Lipinski definition) is 0. The van der Waals surface area contributed by atoms with E-state index in [9.17, 15) is 9.59 Å². The third-order valence-electron chi connectivity index (χ3n) is 3.74. The van der Waals surface area contributed by atoms with Gasteiger partial charge in [-0.2, -0.15) is 0 Å². The summed E-state index contributed by atoms with van der Waals surface area (Å²) in [6, 6.07) is 5.80. The summed E-state index contributed by atoms with van der Waals surface area (Å²) in [5.74, 6) is -0.448. The second-order valence-corrected chi connectivity index (χ2v) is 6.02. The van der Waals surface area contributed by atoms with Crippen LogP contribution in [0.5, 0.6) is 0 Å². The number of rotatable bonds is 1. The summed E-state index contributed by atoms with van der Waals surface area (Å²) >= 11 is 3.42. The van der Waals surface area contributed by atoms with Gasteiger partial charge in [0.25, 0.3) is 0 Å². The monoisotopic (exact) mass is 324 g/mol. The SMILES string of the molecule is COC(=O)C1(Br)CCc2cccc3c2n1c(=O)n3C. The molecule has 0 amide bonds. The first kappa shape index (κ1) is 12.5. The predicted octanol–water partition coefficient (Wildman–Crippen LogP) is 1.51. The lowest BCUT2D eigenvalue weighted by Crippen LogP contribution is -2.45. The topological polar surface area (TPSA) is 53.2 Å². The largest absolute Gasteiger partial charge is 0.467 e. The smallest absolute Gasteiger partial charge is 0.343 e. The minimum absolute atomic E-state index is 0.218. The summed E-state index contributed by atoms with van der Waals surface area (Å²) in [6.07, 6.45) is 1.22. The summed E-state index contributed by atoms with van der Waals surface area (Å²) in [4.78, 5) is 24.5. The Morgan fingerprint density at radius 1 is 1.47 bits per heavy atom. The van der Waals surface area contributed by atoms with E-state index in [4.69, 9.17) is 4.74 Å². The maximum absolute atomic E-state index is 12.4. The van der Waals surface area contributed by atoms with Crippen LogP contribution in [-0.4, -0.2) is 22.2 Å². The van der Waals surface area contributed by atoms with Gasteiger partial charge in [0.2, 0.25) is 4.45 Å². The summed E-state index contributed by atoms with van der Waals surface area (Å²) < 4.78 is 6.81. The molecule has 5 nitrogen and oxygen atoms in total. The van der Waals surface area contributed by atoms with E-state index in [-0.39, 0.29) is 5.69 Å². The van der Waals surface area contributed by atoms with E-state index in [1.54, 1.807) is 11.6 Å². The highest BCUT2D eigenvalue weighted by Gasteiger charge is 2.44. The molecule has 2 heterocycles. The van der Waals surface area contributed by atoms with Crippen molar-refractivity contribution in [1.82, 2.24) is 9.13 Å². The minimum Gasteiger partial charge on any atom is -0.467 e. The molecular weight excluding hydrogens is 312 g/mol. The van der Waals surface area contributed by atoms with Crippen LogP contribution in [0.1, 0.15) is 12.0 Å². The van der Waals surface area contributed by atoms with Gasteiger partial charge in [0.15, 0.2) is 0 Å². The summed E-state index contributed by atoms with van der Waals surface area (Å²) in [5, 5.41) is 0. The Morgan fingerprint density at radius 3 is 2.89 bits per heavy atom. The van der Waals surface area contributed by atoms with E-state index in [1.165, 1.54) is 11.7 Å². The van der Waals surface area contributed by atoms with Gasteiger partial charge in [0.05, 0.1) is 18.1 Å². The first-order valence-electron chi connectivity index (χ1n) is 5.98. The fourth-order valence-corrected chi connectivity index (χ4v) is 3.44. The lowest BCUT2D eigenvalue weighted by atomic mass is 9.99. The van der Waals surface area contributed by atoms with Crippen molar-refractivity contribution in [2.75, 3.05) is 7.11 Å². The number of nitrogens with zero attached hydrogens (tertiary/aromatic N) is 2. The number of carbonyl (C=O) groups is 1. The molecule has 0 bridgehead atoms. The highest BCUT2D eigenvalue weighted by molar-refractivity contribution is 9.10. The molecule has 0 saturated heterocycles. The van der Waals surface area contributed by atoms with Crippen LogP contribution in [-0.2, 0) is 27.4 Å². The molecule has 0 radical (unpaired) electrons. The molecule has 1 atom stereocenters. The third kappa shape index (κ3) is 1.46. The molecule has 0 fully saturated rings. The molecule has 0 saturated carbocycles. The van der Waals surface area contributed by atoms with Gasteiger partial charge in [-0.15, -0.1) is 0 Å². The zero-order valence-corrected chi connectivity index (χ0v) is 12.2. The molecule has 0 spiro atoms. The molecule has 100 valence electrons. The van der Waals surface area contributed by atoms with Crippen LogP contribution in [0.2, 0.25) is 0 Å². The molecule has 1 aliphatic heterocycles. The van der Waals surface area contributed by atoms with E-state index < -0.39 is 10.4 Å². The van der Waals surface area contributed by atoms with Crippen molar-refractivity contribution in [3.05, 3.63) is 34.2 Å². The highest BCUT2D eigenvalue weighted by atomic mass is 79.9. The van der Waals surface area contributed by atoms with Crippen LogP contribution >= 0.6 is 15.9 Å². The molecule has 1 aromatic carbocycles. The number of aryl methyl sites for hydroxylation is 2. The van der Waals surface area contributed by atoms with Crippen LogP contribution in [0, 0.1) is 0 Å². The fourth-order valence-electron chi connectivity index (χ4n) is 2.75. The van der Waals surface area contributed by atoms with Gasteiger partial charge in [-0.25, -0.2) is 9.59 Å². The van der Waals surface area contributed by atoms with Crippen molar-refractivity contribution < 1.29 is 9.53 Å². The van der Waals surface area contributed by atoms with Gasteiger partial charge in [0, 0.05) is 7.05 Å². The first-order chi connectivity index (χ1) is 9.00. The number of hydrogen-bond acceptors (Lipinski definition) is 3. The van der Waals surface area contributed by atoms with Crippen LogP contribution in [0.3, 0.4) is 0 Å². The van der Waals surface area contributed by atoms with Crippen molar-refractivity contribution in [2.45, 2.75) is 17.3 Å². The molecule has 1 aliphatic rings. The van der Waals surface area contributed by atoms with E-state index in [0.29, 0.717) is 6.42 Å². The zero-order chi connectivity index (χ0) is 13.8. The third-order valence-corrected chi connectivity index (χ3v) is 4.81. The number of aromatic nitrogens is 2. The number of carbonyl (C=O) groups excluding carboxylic acids is 1. The van der Waals surface area contributed by atoms with Crippen LogP contribution in [0.4, 0.5) is 0 Å². The number of para-hydroxylation sites is 1. The van der Waals surface area contributed by atoms with E-state index in [1.807, 2.05) is 18.2 Å². The molecule has 3 rings (SSSR count). The average molecular weight is 325 g/mol. The molecule has 6 heteroatoms. The Kier molecular flexibility index (Phi) is 2.60. The normalized spacial score (nSPS) is 21.6. The molecule has 0 aliphatic carbocycles. The lowest BCUT2D eigenvalue weighted by Gasteiger charge is -2.30. The molecule has 1 aromatic heterocycles. The number of benzene rings is 1. The van der Waals surface area contributed by atoms with Crippen molar-refractivity contribution in [3.8, 4) is 0 Å². The lowest BCUT2D eigenvalue weighted by molar-refractivity contribution is -0.146. The van der Waals surface area contributed by atoms with Crippen molar-refractivity contribution in [2.24, 2.45) is 7.05 Å². The van der Waals surface area contributed by atoms with Gasteiger partial charge in [0.1, 0.15) is 0 Å². The average Bonchev–Trinajstić information content (AvgIpc) is 2.69. The van der Waals surface area contributed by atoms with Crippen molar-refractivity contribution in [3.63, 3.8) is 0 Å². The Balaban J connectivity index is 2.45. The van der Waals surface area contributed by atoms with Gasteiger partial charge in [-0.1, -0.05) is 12.1 Å². The van der Waals surface area contributed by atoms with Crippen LogP contribution in [0.15, 0.2) is 23.0 Å². The number of esters is 1. The van der Waals surface area contributed by atoms with Crippen molar-refractivity contribution in [1.29, 1.82) is 0 Å². The Morgan fingerprint density at radius 2 is 2.21 bits per heavy atom. The summed E-state index contributed by atoms with van der Waals surface area (Å²) in [5.41, 5.74) is 2.50. The molecule has 1 unspecified atom stereocenters. The highest BCUT2D eigenvalue weighted by Crippen LogP contribution is 2.39. The van der Waals surface area contributed by atoms with E-state index in [2.05, 4.69) is 15.9 Å². The number of imidazole rings is 1. The molecule has 19 heavy (non-hydrogen) atoms. The second kappa shape index (κ2) is 3.96. The Labute approximate surface area is 117 Å². The maximum atomic E-state index is 12.4. The quantitative estimate of drug-likeness (QED) is 0.590. The Bertz CT molecular complexity index is 746. The van der Waals surface area contributed by atoms with Crippen molar-refractivity contribution >= 4 is 32.9 Å². The number of alkyl halides is 1. The Hall–Kier alpha value is -1.56. The number of halogens is 1. The van der Waals surface area contributed by atoms with E-state index >= 15 is 0 Å². The second-order valence-electron chi connectivity index (χ2n) is 4.71. The predicted molar refractivity (Wildman–Crippen MR) is 74.4 cm³/mol. The first-order valence-corrected chi connectivity index (χ1v) is 6.77. The van der Waals surface area contributed by atoms with Gasteiger partial charge >= 0.3 is 11.7 Å². The summed E-state index contributed by atoms with van der Waals surface area (Å²) in [6.45, 7) is 0. The maximum Gasteiger partial charge on any atom is 0.343 e. The van der Waals surface area contributed by atoms with Crippen LogP contribution < -0.4 is 5.69 Å². The minimum atomic E-state index is -1.10. The standard InChI is InChI=1S/C13H13BrN2O3/c1-15-9-5-3-4-8-6-7-13(14,11(17)19-2)16(10(8)9)12(15)18/h3-5H,6-7H2,1-2H3. The van der Waals surface area contributed by atoms with Gasteiger partial charge in [-0.05, 0) is 40.4 Å². The van der Waals surface area contributed by atoms with Crippen LogP contribution in [0.25, 0.3) is 11.0 Å². The zero-order valence-electron chi connectivity index (χ0n) is 10.6. The molecular formula is C13H13BrN2O3. The molecule has 2 aromatic rings. The van der Waals surface area contributed by atoms with Gasteiger partial charge < -0.3 is 4.74 Å². The van der Waals surface area contributed by atoms with Gasteiger partial charge in [-0.3, -0.25) is 9.13 Å².